The van der Waals surface area contributed by atoms with Crippen molar-refractivity contribution in [1.82, 2.24) is 0 Å². The fourth-order valence-electron chi connectivity index (χ4n) is 2.35. The highest BCUT2D eigenvalue weighted by Crippen LogP contribution is 2.28. The van der Waals surface area contributed by atoms with Crippen molar-refractivity contribution >= 4 is 5.78 Å². The Morgan fingerprint density at radius 3 is 2.56 bits per heavy atom. The normalized spacial score (nSPS) is 18.9. The summed E-state index contributed by atoms with van der Waals surface area (Å²) in [6.45, 7) is 3.16. The van der Waals surface area contributed by atoms with E-state index in [1.165, 1.54) is 0 Å². The summed E-state index contributed by atoms with van der Waals surface area (Å²) in [5, 5.41) is 0. The molecule has 0 aromatic heterocycles. The molecule has 0 heterocycles. The monoisotopic (exact) mass is 248 g/mol. The van der Waals surface area contributed by atoms with E-state index in [0.29, 0.717) is 19.0 Å². The van der Waals surface area contributed by atoms with Gasteiger partial charge in [0.25, 0.3) is 0 Å². The lowest BCUT2D eigenvalue weighted by Crippen LogP contribution is -2.11. The van der Waals surface area contributed by atoms with Crippen LogP contribution in [0.5, 0.6) is 11.5 Å². The maximum Gasteiger partial charge on any atom is 0.161 e. The molecule has 1 aliphatic carbocycles. The molecule has 2 rings (SSSR count). The van der Waals surface area contributed by atoms with E-state index in [2.05, 4.69) is 0 Å². The van der Waals surface area contributed by atoms with Gasteiger partial charge >= 0.3 is 0 Å². The van der Waals surface area contributed by atoms with Crippen LogP contribution in [0, 0.1) is 5.92 Å². The van der Waals surface area contributed by atoms with Crippen LogP contribution in [0.4, 0.5) is 0 Å². The summed E-state index contributed by atoms with van der Waals surface area (Å²) in [6.07, 6.45) is 3.63. The van der Waals surface area contributed by atoms with Crippen molar-refractivity contribution in [3.63, 3.8) is 0 Å². The maximum absolute atomic E-state index is 11.5. The van der Waals surface area contributed by atoms with Crippen LogP contribution in [-0.2, 0) is 4.79 Å². The minimum atomic E-state index is 0.212. The molecule has 1 unspecified atom stereocenters. The molecule has 0 aliphatic heterocycles. The van der Waals surface area contributed by atoms with Gasteiger partial charge in [-0.2, -0.15) is 0 Å². The van der Waals surface area contributed by atoms with Crippen LogP contribution < -0.4 is 9.47 Å². The summed E-state index contributed by atoms with van der Waals surface area (Å²) in [7, 11) is 0. The SMILES string of the molecule is CCOc1ccccc1OCCC1CCCC1=O. The molecular formula is C15H20O3. The Hall–Kier alpha value is -1.51. The van der Waals surface area contributed by atoms with Crippen molar-refractivity contribution in [3.05, 3.63) is 24.3 Å². The zero-order valence-electron chi connectivity index (χ0n) is 10.9. The van der Waals surface area contributed by atoms with Crippen LogP contribution in [0.3, 0.4) is 0 Å². The second kappa shape index (κ2) is 6.43. The molecule has 0 spiro atoms. The maximum atomic E-state index is 11.5. The molecule has 0 N–H and O–H groups in total. The van der Waals surface area contributed by atoms with Gasteiger partial charge in [-0.25, -0.2) is 0 Å². The highest BCUT2D eigenvalue weighted by molar-refractivity contribution is 5.82. The van der Waals surface area contributed by atoms with E-state index in [-0.39, 0.29) is 5.92 Å². The first-order chi connectivity index (χ1) is 8.81. The first-order valence-corrected chi connectivity index (χ1v) is 6.68. The van der Waals surface area contributed by atoms with E-state index in [0.717, 1.165) is 37.2 Å². The summed E-state index contributed by atoms with van der Waals surface area (Å²) >= 11 is 0. The van der Waals surface area contributed by atoms with Gasteiger partial charge in [-0.05, 0) is 38.3 Å². The Kier molecular flexibility index (Phi) is 4.62. The number of carbonyl (C=O) groups excluding carboxylic acids is 1. The molecule has 0 radical (unpaired) electrons. The zero-order chi connectivity index (χ0) is 12.8. The standard InChI is InChI=1S/C15H20O3/c1-2-17-14-8-3-4-9-15(14)18-11-10-12-6-5-7-13(12)16/h3-4,8-9,12H,2,5-7,10-11H2,1H3. The number of carbonyl (C=O) groups is 1. The van der Waals surface area contributed by atoms with Crippen LogP contribution in [0.2, 0.25) is 0 Å². The molecular weight excluding hydrogens is 228 g/mol. The number of rotatable bonds is 6. The number of Topliss-reactive ketones (excluding diaryl/α,β-unsaturated/α-hetero) is 1. The van der Waals surface area contributed by atoms with Crippen LogP contribution >= 0.6 is 0 Å². The lowest BCUT2D eigenvalue weighted by molar-refractivity contribution is -0.121. The third-order valence-electron chi connectivity index (χ3n) is 3.30. The second-order valence-corrected chi connectivity index (χ2v) is 4.57. The smallest absolute Gasteiger partial charge is 0.161 e. The highest BCUT2D eigenvalue weighted by Gasteiger charge is 2.23. The van der Waals surface area contributed by atoms with Crippen molar-refractivity contribution in [2.75, 3.05) is 13.2 Å². The lowest BCUT2D eigenvalue weighted by atomic mass is 10.0. The lowest BCUT2D eigenvalue weighted by Gasteiger charge is -2.13. The van der Waals surface area contributed by atoms with E-state index in [9.17, 15) is 4.79 Å². The number of benzene rings is 1. The van der Waals surface area contributed by atoms with E-state index in [4.69, 9.17) is 9.47 Å². The average molecular weight is 248 g/mol. The van der Waals surface area contributed by atoms with Crippen LogP contribution in [-0.4, -0.2) is 19.0 Å². The first-order valence-electron chi connectivity index (χ1n) is 6.68. The van der Waals surface area contributed by atoms with Gasteiger partial charge in [0.2, 0.25) is 0 Å². The van der Waals surface area contributed by atoms with Crippen LogP contribution in [0.15, 0.2) is 24.3 Å². The van der Waals surface area contributed by atoms with Crippen LogP contribution in [0.1, 0.15) is 32.6 Å². The van der Waals surface area contributed by atoms with Crippen molar-refractivity contribution < 1.29 is 14.3 Å². The van der Waals surface area contributed by atoms with E-state index in [1.807, 2.05) is 31.2 Å². The van der Waals surface area contributed by atoms with Crippen molar-refractivity contribution in [2.45, 2.75) is 32.6 Å². The predicted molar refractivity (Wildman–Crippen MR) is 70.1 cm³/mol. The Morgan fingerprint density at radius 2 is 1.94 bits per heavy atom. The fraction of sp³-hybridized carbons (Fsp3) is 0.533. The van der Waals surface area contributed by atoms with Gasteiger partial charge in [-0.3, -0.25) is 4.79 Å². The Bertz CT molecular complexity index is 400. The Morgan fingerprint density at radius 1 is 1.22 bits per heavy atom. The predicted octanol–water partition coefficient (Wildman–Crippen LogP) is 3.22. The molecule has 0 amide bonds. The Labute approximate surface area is 108 Å². The molecule has 1 saturated carbocycles. The molecule has 18 heavy (non-hydrogen) atoms. The quantitative estimate of drug-likeness (QED) is 0.775. The largest absolute Gasteiger partial charge is 0.490 e. The van der Waals surface area contributed by atoms with Gasteiger partial charge in [0.1, 0.15) is 5.78 Å². The molecule has 1 aromatic carbocycles. The van der Waals surface area contributed by atoms with Crippen LogP contribution in [0.25, 0.3) is 0 Å². The minimum Gasteiger partial charge on any atom is -0.490 e. The summed E-state index contributed by atoms with van der Waals surface area (Å²) in [5.74, 6) is 2.16. The van der Waals surface area contributed by atoms with Crippen molar-refractivity contribution in [1.29, 1.82) is 0 Å². The third-order valence-corrected chi connectivity index (χ3v) is 3.30. The Balaban J connectivity index is 1.84. The number of para-hydroxylation sites is 2. The highest BCUT2D eigenvalue weighted by atomic mass is 16.5. The van der Waals surface area contributed by atoms with E-state index in [1.54, 1.807) is 0 Å². The van der Waals surface area contributed by atoms with Gasteiger partial charge in [0, 0.05) is 12.3 Å². The van der Waals surface area contributed by atoms with E-state index >= 15 is 0 Å². The molecule has 3 heteroatoms. The topological polar surface area (TPSA) is 35.5 Å². The van der Waals surface area contributed by atoms with Gasteiger partial charge < -0.3 is 9.47 Å². The summed E-state index contributed by atoms with van der Waals surface area (Å²) < 4.78 is 11.2. The summed E-state index contributed by atoms with van der Waals surface area (Å²) in [6, 6.07) is 7.66. The van der Waals surface area contributed by atoms with Gasteiger partial charge in [-0.15, -0.1) is 0 Å². The number of ether oxygens (including phenoxy) is 2. The molecule has 98 valence electrons. The minimum absolute atomic E-state index is 0.212. The summed E-state index contributed by atoms with van der Waals surface area (Å²) in [5.41, 5.74) is 0. The molecule has 1 fully saturated rings. The third kappa shape index (κ3) is 3.25. The fourth-order valence-corrected chi connectivity index (χ4v) is 2.35. The van der Waals surface area contributed by atoms with Crippen molar-refractivity contribution in [2.24, 2.45) is 5.92 Å². The van der Waals surface area contributed by atoms with E-state index < -0.39 is 0 Å². The number of hydrogen-bond acceptors (Lipinski definition) is 3. The molecule has 1 aromatic rings. The zero-order valence-corrected chi connectivity index (χ0v) is 10.9. The van der Waals surface area contributed by atoms with Crippen molar-refractivity contribution in [3.8, 4) is 11.5 Å². The summed E-state index contributed by atoms with van der Waals surface area (Å²) in [4.78, 5) is 11.5. The first kappa shape index (κ1) is 12.9. The average Bonchev–Trinajstić information content (AvgIpc) is 2.78. The molecule has 0 saturated heterocycles. The molecule has 0 bridgehead atoms. The second-order valence-electron chi connectivity index (χ2n) is 4.57. The number of ketones is 1. The molecule has 1 atom stereocenters. The molecule has 3 nitrogen and oxygen atoms in total. The van der Waals surface area contributed by atoms with Gasteiger partial charge in [0.05, 0.1) is 13.2 Å². The molecule has 1 aliphatic rings. The number of hydrogen-bond donors (Lipinski definition) is 0. The van der Waals surface area contributed by atoms with Gasteiger partial charge in [-0.1, -0.05) is 12.1 Å². The van der Waals surface area contributed by atoms with Gasteiger partial charge in [0.15, 0.2) is 11.5 Å².